The van der Waals surface area contributed by atoms with Gasteiger partial charge in [-0.2, -0.15) is 0 Å². The third-order valence-corrected chi connectivity index (χ3v) is 4.20. The molecule has 2 heterocycles. The van der Waals surface area contributed by atoms with Crippen LogP contribution in [0.3, 0.4) is 0 Å². The molecule has 0 aliphatic carbocycles. The highest BCUT2D eigenvalue weighted by atomic mass is 15.1. The lowest BCUT2D eigenvalue weighted by Crippen LogP contribution is -2.41. The van der Waals surface area contributed by atoms with E-state index in [0.717, 1.165) is 19.1 Å². The number of piperidine rings is 1. The second-order valence-electron chi connectivity index (χ2n) is 5.65. The Morgan fingerprint density at radius 3 is 2.79 bits per heavy atom. The van der Waals surface area contributed by atoms with E-state index in [2.05, 4.69) is 41.2 Å². The number of nitrogens with zero attached hydrogens (tertiary/aromatic N) is 2. The van der Waals surface area contributed by atoms with Gasteiger partial charge in [0.05, 0.1) is 0 Å². The van der Waals surface area contributed by atoms with E-state index in [1.54, 1.807) is 0 Å². The Bertz CT molecular complexity index is 346. The normalized spacial score (nSPS) is 21.5. The van der Waals surface area contributed by atoms with Crippen molar-refractivity contribution in [3.63, 3.8) is 0 Å². The topological polar surface area (TPSA) is 28.2 Å². The van der Waals surface area contributed by atoms with Crippen LogP contribution in [0.2, 0.25) is 0 Å². The Labute approximate surface area is 117 Å². The van der Waals surface area contributed by atoms with Crippen LogP contribution in [0.5, 0.6) is 0 Å². The summed E-state index contributed by atoms with van der Waals surface area (Å²) in [4.78, 5) is 6.65. The van der Waals surface area contributed by atoms with Gasteiger partial charge in [-0.1, -0.05) is 13.3 Å². The van der Waals surface area contributed by atoms with E-state index in [0.29, 0.717) is 6.04 Å². The summed E-state index contributed by atoms with van der Waals surface area (Å²) in [5, 5.41) is 3.66. The van der Waals surface area contributed by atoms with Gasteiger partial charge in [0.25, 0.3) is 0 Å². The summed E-state index contributed by atoms with van der Waals surface area (Å²) in [6.45, 7) is 7.96. The minimum atomic E-state index is 0.633. The van der Waals surface area contributed by atoms with Crippen LogP contribution in [0.4, 0.5) is 0 Å². The van der Waals surface area contributed by atoms with Crippen molar-refractivity contribution in [1.82, 2.24) is 15.2 Å². The van der Waals surface area contributed by atoms with Crippen LogP contribution < -0.4 is 5.32 Å². The predicted molar refractivity (Wildman–Crippen MR) is 80.0 cm³/mol. The first-order valence-electron chi connectivity index (χ1n) is 7.66. The average Bonchev–Trinajstić information content (AvgIpc) is 2.47. The first-order valence-corrected chi connectivity index (χ1v) is 7.66. The van der Waals surface area contributed by atoms with Crippen LogP contribution in [-0.2, 0) is 6.54 Å². The van der Waals surface area contributed by atoms with Crippen LogP contribution >= 0.6 is 0 Å². The standard InChI is InChI=1S/C16H27N3/c1-3-19(13-15-7-10-17-11-8-15)14(2)12-16-6-4-5-9-18-16/h7-8,10-11,14,16,18H,3-6,9,12-13H2,1-2H3. The van der Waals surface area contributed by atoms with Crippen LogP contribution in [-0.4, -0.2) is 35.1 Å². The second kappa shape index (κ2) is 7.61. The Hall–Kier alpha value is -0.930. The first kappa shape index (κ1) is 14.5. The van der Waals surface area contributed by atoms with Gasteiger partial charge in [0, 0.05) is 31.0 Å². The molecule has 1 aromatic heterocycles. The van der Waals surface area contributed by atoms with Crippen molar-refractivity contribution in [2.45, 2.75) is 58.2 Å². The highest BCUT2D eigenvalue weighted by Gasteiger charge is 2.19. The Balaban J connectivity index is 1.85. The van der Waals surface area contributed by atoms with E-state index < -0.39 is 0 Å². The Kier molecular flexibility index (Phi) is 5.80. The van der Waals surface area contributed by atoms with E-state index in [-0.39, 0.29) is 0 Å². The van der Waals surface area contributed by atoms with E-state index in [4.69, 9.17) is 0 Å². The number of pyridine rings is 1. The Morgan fingerprint density at radius 2 is 2.16 bits per heavy atom. The lowest BCUT2D eigenvalue weighted by molar-refractivity contribution is 0.180. The molecule has 2 unspecified atom stereocenters. The van der Waals surface area contributed by atoms with Gasteiger partial charge in [-0.3, -0.25) is 9.88 Å². The lowest BCUT2D eigenvalue weighted by atomic mass is 9.98. The van der Waals surface area contributed by atoms with Gasteiger partial charge in [0.2, 0.25) is 0 Å². The number of aromatic nitrogens is 1. The van der Waals surface area contributed by atoms with E-state index in [1.165, 1.54) is 37.8 Å². The summed E-state index contributed by atoms with van der Waals surface area (Å²) >= 11 is 0. The van der Waals surface area contributed by atoms with E-state index >= 15 is 0 Å². The molecule has 1 aliphatic rings. The fourth-order valence-corrected chi connectivity index (χ4v) is 2.99. The van der Waals surface area contributed by atoms with Gasteiger partial charge in [0.1, 0.15) is 0 Å². The van der Waals surface area contributed by atoms with Crippen LogP contribution in [0.15, 0.2) is 24.5 Å². The smallest absolute Gasteiger partial charge is 0.0271 e. The molecule has 1 aromatic rings. The zero-order valence-corrected chi connectivity index (χ0v) is 12.3. The maximum Gasteiger partial charge on any atom is 0.0271 e. The molecule has 3 heteroatoms. The summed E-state index contributed by atoms with van der Waals surface area (Å²) in [7, 11) is 0. The number of hydrogen-bond acceptors (Lipinski definition) is 3. The zero-order valence-electron chi connectivity index (χ0n) is 12.3. The molecule has 2 rings (SSSR count). The fraction of sp³-hybridized carbons (Fsp3) is 0.688. The molecule has 1 N–H and O–H groups in total. The summed E-state index contributed by atoms with van der Waals surface area (Å²) in [5.41, 5.74) is 1.36. The van der Waals surface area contributed by atoms with Gasteiger partial charge in [-0.15, -0.1) is 0 Å². The summed E-state index contributed by atoms with van der Waals surface area (Å²) in [6, 6.07) is 5.59. The molecule has 0 bridgehead atoms. The van der Waals surface area contributed by atoms with Crippen molar-refractivity contribution in [1.29, 1.82) is 0 Å². The SMILES string of the molecule is CCN(Cc1ccncc1)C(C)CC1CCCCN1. The van der Waals surface area contributed by atoms with Crippen molar-refractivity contribution in [2.24, 2.45) is 0 Å². The number of rotatable bonds is 6. The lowest BCUT2D eigenvalue weighted by Gasteiger charge is -2.32. The van der Waals surface area contributed by atoms with Crippen molar-refractivity contribution in [3.8, 4) is 0 Å². The van der Waals surface area contributed by atoms with Crippen LogP contribution in [0, 0.1) is 0 Å². The highest BCUT2D eigenvalue weighted by molar-refractivity contribution is 5.09. The molecule has 19 heavy (non-hydrogen) atoms. The van der Waals surface area contributed by atoms with Gasteiger partial charge in [0.15, 0.2) is 0 Å². The second-order valence-corrected chi connectivity index (χ2v) is 5.65. The monoisotopic (exact) mass is 261 g/mol. The maximum absolute atomic E-state index is 4.09. The summed E-state index contributed by atoms with van der Waals surface area (Å²) in [5.74, 6) is 0. The molecule has 0 spiro atoms. The molecule has 0 aromatic carbocycles. The number of hydrogen-bond donors (Lipinski definition) is 1. The van der Waals surface area contributed by atoms with E-state index in [1.807, 2.05) is 12.4 Å². The molecule has 1 aliphatic heterocycles. The molecular formula is C16H27N3. The predicted octanol–water partition coefficient (Wildman–Crippen LogP) is 2.82. The van der Waals surface area contributed by atoms with Crippen molar-refractivity contribution in [2.75, 3.05) is 13.1 Å². The van der Waals surface area contributed by atoms with Crippen molar-refractivity contribution in [3.05, 3.63) is 30.1 Å². The molecule has 1 saturated heterocycles. The number of nitrogens with one attached hydrogen (secondary N) is 1. The van der Waals surface area contributed by atoms with Crippen molar-refractivity contribution < 1.29 is 0 Å². The molecule has 1 fully saturated rings. The molecule has 0 radical (unpaired) electrons. The Morgan fingerprint density at radius 1 is 1.37 bits per heavy atom. The first-order chi connectivity index (χ1) is 9.29. The van der Waals surface area contributed by atoms with Crippen LogP contribution in [0.25, 0.3) is 0 Å². The van der Waals surface area contributed by atoms with E-state index in [9.17, 15) is 0 Å². The highest BCUT2D eigenvalue weighted by Crippen LogP contribution is 2.16. The molecule has 0 saturated carbocycles. The van der Waals surface area contributed by atoms with Gasteiger partial charge < -0.3 is 5.32 Å². The summed E-state index contributed by atoms with van der Waals surface area (Å²) < 4.78 is 0. The summed E-state index contributed by atoms with van der Waals surface area (Å²) in [6.07, 6.45) is 9.11. The molecule has 3 nitrogen and oxygen atoms in total. The largest absolute Gasteiger partial charge is 0.314 e. The minimum absolute atomic E-state index is 0.633. The maximum atomic E-state index is 4.09. The van der Waals surface area contributed by atoms with Crippen LogP contribution in [0.1, 0.15) is 45.1 Å². The third kappa shape index (κ3) is 4.59. The fourth-order valence-electron chi connectivity index (χ4n) is 2.99. The third-order valence-electron chi connectivity index (χ3n) is 4.20. The van der Waals surface area contributed by atoms with Gasteiger partial charge in [-0.05, 0) is 57.0 Å². The quantitative estimate of drug-likeness (QED) is 0.853. The minimum Gasteiger partial charge on any atom is -0.314 e. The molecule has 0 amide bonds. The average molecular weight is 261 g/mol. The molecule has 106 valence electrons. The molecule has 2 atom stereocenters. The van der Waals surface area contributed by atoms with Crippen molar-refractivity contribution >= 4 is 0 Å². The van der Waals surface area contributed by atoms with Gasteiger partial charge in [-0.25, -0.2) is 0 Å². The molecular weight excluding hydrogens is 234 g/mol. The zero-order chi connectivity index (χ0) is 13.5. The van der Waals surface area contributed by atoms with Gasteiger partial charge >= 0.3 is 0 Å².